The topological polar surface area (TPSA) is 139 Å². The molecule has 0 aliphatic heterocycles. The van der Waals surface area contributed by atoms with Crippen LogP contribution in [0.4, 0.5) is 17.1 Å². The first-order valence-corrected chi connectivity index (χ1v) is 4.97. The normalized spacial score (nSPS) is 9.47. The Bertz CT molecular complexity index is 605. The Hall–Kier alpha value is -3.02. The van der Waals surface area contributed by atoms with E-state index in [9.17, 15) is 25.0 Å². The molecule has 0 bridgehead atoms. The van der Waals surface area contributed by atoms with E-state index in [1.54, 1.807) is 6.07 Å². The van der Waals surface area contributed by atoms with Crippen molar-refractivity contribution in [2.24, 2.45) is 0 Å². The van der Waals surface area contributed by atoms with Crippen LogP contribution in [0.5, 0.6) is 0 Å². The third-order valence-corrected chi connectivity index (χ3v) is 2.29. The van der Waals surface area contributed by atoms with Crippen LogP contribution in [-0.4, -0.2) is 15.8 Å². The highest BCUT2D eigenvalue weighted by molar-refractivity contribution is 5.93. The fourth-order valence-corrected chi connectivity index (χ4v) is 1.38. The molecule has 0 saturated heterocycles. The lowest BCUT2D eigenvalue weighted by molar-refractivity contribution is -0.394. The van der Waals surface area contributed by atoms with Gasteiger partial charge < -0.3 is 5.32 Å². The van der Waals surface area contributed by atoms with Gasteiger partial charge in [-0.3, -0.25) is 25.0 Å². The number of carbonyl (C=O) groups is 1. The third-order valence-electron chi connectivity index (χ3n) is 2.29. The Morgan fingerprint density at radius 2 is 2.00 bits per heavy atom. The molecule has 0 aliphatic rings. The number of non-ortho nitro benzene ring substituents is 1. The smallest absolute Gasteiger partial charge is 0.281 e. The molecule has 0 fully saturated rings. The molecule has 0 aromatic heterocycles. The minimum Gasteiger partial charge on any atom is -0.324 e. The van der Waals surface area contributed by atoms with Crippen molar-refractivity contribution in [2.45, 2.75) is 13.3 Å². The van der Waals surface area contributed by atoms with Crippen molar-refractivity contribution < 1.29 is 14.6 Å². The summed E-state index contributed by atoms with van der Waals surface area (Å²) >= 11 is 0. The first-order chi connectivity index (χ1) is 8.86. The number of nitro benzene ring substituents is 2. The molecule has 0 unspecified atom stereocenters. The van der Waals surface area contributed by atoms with Gasteiger partial charge in [0.25, 0.3) is 11.4 Å². The molecule has 0 atom stereocenters. The summed E-state index contributed by atoms with van der Waals surface area (Å²) < 4.78 is 0. The van der Waals surface area contributed by atoms with Gasteiger partial charge >= 0.3 is 0 Å². The predicted octanol–water partition coefficient (Wildman–Crippen LogP) is 1.66. The molecule has 19 heavy (non-hydrogen) atoms. The van der Waals surface area contributed by atoms with E-state index in [-0.39, 0.29) is 11.3 Å². The average molecular weight is 264 g/mol. The van der Waals surface area contributed by atoms with Crippen molar-refractivity contribution in [3.8, 4) is 6.07 Å². The minimum absolute atomic E-state index is 0.0545. The van der Waals surface area contributed by atoms with Gasteiger partial charge in [0, 0.05) is 6.07 Å². The second kappa shape index (κ2) is 5.54. The first kappa shape index (κ1) is 14.0. The second-order valence-corrected chi connectivity index (χ2v) is 3.53. The van der Waals surface area contributed by atoms with Gasteiger partial charge in [0.05, 0.1) is 33.2 Å². The summed E-state index contributed by atoms with van der Waals surface area (Å²) in [5, 5.41) is 32.0. The van der Waals surface area contributed by atoms with Crippen molar-refractivity contribution >= 4 is 23.0 Å². The summed E-state index contributed by atoms with van der Waals surface area (Å²) in [6, 6.07) is 3.43. The molecule has 98 valence electrons. The molecule has 1 aromatic carbocycles. The van der Waals surface area contributed by atoms with Crippen LogP contribution in [0.15, 0.2) is 12.1 Å². The summed E-state index contributed by atoms with van der Waals surface area (Å²) in [7, 11) is 0. The molecule has 9 nitrogen and oxygen atoms in total. The minimum atomic E-state index is -0.799. The lowest BCUT2D eigenvalue weighted by atomic mass is 10.1. The van der Waals surface area contributed by atoms with E-state index >= 15 is 0 Å². The highest BCUT2D eigenvalue weighted by Gasteiger charge is 2.22. The van der Waals surface area contributed by atoms with E-state index in [1.807, 2.05) is 0 Å². The quantitative estimate of drug-likeness (QED) is 0.647. The molecule has 0 spiro atoms. The van der Waals surface area contributed by atoms with Gasteiger partial charge in [0.1, 0.15) is 6.42 Å². The highest BCUT2D eigenvalue weighted by Crippen LogP contribution is 2.31. The molecule has 0 heterocycles. The molecule has 1 amide bonds. The van der Waals surface area contributed by atoms with Gasteiger partial charge in [-0.2, -0.15) is 5.26 Å². The van der Waals surface area contributed by atoms with Crippen LogP contribution in [0, 0.1) is 38.5 Å². The molecule has 0 radical (unpaired) electrons. The van der Waals surface area contributed by atoms with Crippen LogP contribution >= 0.6 is 0 Å². The van der Waals surface area contributed by atoms with Crippen LogP contribution in [-0.2, 0) is 4.79 Å². The molecule has 1 rings (SSSR count). The maximum atomic E-state index is 11.3. The second-order valence-electron chi connectivity index (χ2n) is 3.53. The molecule has 1 aromatic rings. The number of nitrogens with zero attached hydrogens (tertiary/aromatic N) is 3. The van der Waals surface area contributed by atoms with E-state index in [4.69, 9.17) is 5.26 Å². The number of rotatable bonds is 4. The zero-order valence-electron chi connectivity index (χ0n) is 9.74. The van der Waals surface area contributed by atoms with Gasteiger partial charge in [-0.1, -0.05) is 0 Å². The van der Waals surface area contributed by atoms with E-state index < -0.39 is 33.5 Å². The number of anilines is 1. The number of benzene rings is 1. The van der Waals surface area contributed by atoms with Gasteiger partial charge in [-0.25, -0.2) is 0 Å². The first-order valence-electron chi connectivity index (χ1n) is 4.97. The van der Waals surface area contributed by atoms with Gasteiger partial charge in [0.15, 0.2) is 0 Å². The van der Waals surface area contributed by atoms with Crippen LogP contribution in [0.3, 0.4) is 0 Å². The molecule has 0 saturated carbocycles. The van der Waals surface area contributed by atoms with Crippen molar-refractivity contribution in [3.63, 3.8) is 0 Å². The fourth-order valence-electron chi connectivity index (χ4n) is 1.38. The van der Waals surface area contributed by atoms with Gasteiger partial charge in [0.2, 0.25) is 5.91 Å². The van der Waals surface area contributed by atoms with Crippen LogP contribution in [0.2, 0.25) is 0 Å². The Balaban J connectivity index is 3.30. The summed E-state index contributed by atoms with van der Waals surface area (Å²) in [4.78, 5) is 31.1. The van der Waals surface area contributed by atoms with Crippen molar-refractivity contribution in [1.29, 1.82) is 5.26 Å². The predicted molar refractivity (Wildman–Crippen MR) is 63.3 cm³/mol. The summed E-state index contributed by atoms with van der Waals surface area (Å²) in [6.07, 6.45) is -0.448. The maximum Gasteiger partial charge on any atom is 0.281 e. The Morgan fingerprint density at radius 1 is 1.37 bits per heavy atom. The van der Waals surface area contributed by atoms with Crippen LogP contribution in [0.25, 0.3) is 0 Å². The lowest BCUT2D eigenvalue weighted by Crippen LogP contribution is -2.12. The number of nitro groups is 2. The van der Waals surface area contributed by atoms with E-state index in [1.165, 1.54) is 6.92 Å². The molecule has 0 aliphatic carbocycles. The Morgan fingerprint density at radius 3 is 2.47 bits per heavy atom. The Labute approximate surface area is 106 Å². The summed E-state index contributed by atoms with van der Waals surface area (Å²) in [6.45, 7) is 1.35. The van der Waals surface area contributed by atoms with Crippen molar-refractivity contribution in [2.75, 3.05) is 5.32 Å². The van der Waals surface area contributed by atoms with Gasteiger partial charge in [-0.15, -0.1) is 0 Å². The Kier molecular flexibility index (Phi) is 4.10. The molecular formula is C10H8N4O5. The van der Waals surface area contributed by atoms with Crippen LogP contribution < -0.4 is 5.32 Å². The molecule has 9 heteroatoms. The summed E-state index contributed by atoms with van der Waals surface area (Å²) in [5.74, 6) is -0.694. The molecule has 1 N–H and O–H groups in total. The summed E-state index contributed by atoms with van der Waals surface area (Å²) in [5.41, 5.74) is -0.950. The number of nitrogens with one attached hydrogen (secondary N) is 1. The number of amides is 1. The third kappa shape index (κ3) is 3.22. The van der Waals surface area contributed by atoms with Crippen LogP contribution in [0.1, 0.15) is 12.0 Å². The van der Waals surface area contributed by atoms with E-state index in [2.05, 4.69) is 5.32 Å². The van der Waals surface area contributed by atoms with Crippen molar-refractivity contribution in [1.82, 2.24) is 0 Å². The highest BCUT2D eigenvalue weighted by atomic mass is 16.6. The monoisotopic (exact) mass is 264 g/mol. The largest absolute Gasteiger partial charge is 0.324 e. The number of carbonyl (C=O) groups excluding carboxylic acids is 1. The number of hydrogen-bond donors (Lipinski definition) is 1. The van der Waals surface area contributed by atoms with Gasteiger partial charge in [-0.05, 0) is 6.92 Å². The van der Waals surface area contributed by atoms with E-state index in [0.29, 0.717) is 0 Å². The lowest BCUT2D eigenvalue weighted by Gasteiger charge is -2.07. The zero-order chi connectivity index (χ0) is 14.6. The number of nitriles is 1. The maximum absolute atomic E-state index is 11.3. The number of hydrogen-bond acceptors (Lipinski definition) is 6. The fraction of sp³-hybridized carbons (Fsp3) is 0.200. The van der Waals surface area contributed by atoms with E-state index in [0.717, 1.165) is 12.1 Å². The average Bonchev–Trinajstić information content (AvgIpc) is 2.31. The molecular weight excluding hydrogens is 256 g/mol. The van der Waals surface area contributed by atoms with Crippen molar-refractivity contribution in [3.05, 3.63) is 37.9 Å². The standard InChI is InChI=1S/C10H8N4O5/c1-6-8(12-10(15)2-3-11)4-7(13(16)17)5-9(6)14(18)19/h4-5H,2H2,1H3,(H,12,15). The zero-order valence-corrected chi connectivity index (χ0v) is 9.74. The SMILES string of the molecule is Cc1c(NC(=O)CC#N)cc([N+](=O)[O-])cc1[N+](=O)[O-].